The summed E-state index contributed by atoms with van der Waals surface area (Å²) in [4.78, 5) is 0. The molecule has 48 valence electrons. The molecule has 1 aliphatic rings. The van der Waals surface area contributed by atoms with Gasteiger partial charge in [-0.25, -0.2) is 18.2 Å². The van der Waals surface area contributed by atoms with Crippen LogP contribution < -0.4 is 18.9 Å². The molecule has 2 nitrogen and oxygen atoms in total. The number of allylic oxidation sites excluding steroid dienone is 2. The fourth-order valence-electron chi connectivity index (χ4n) is 0.580. The van der Waals surface area contributed by atoms with Crippen LogP contribution in [0.5, 0.6) is 0 Å². The van der Waals surface area contributed by atoms with Gasteiger partial charge >= 0.3 is 18.9 Å². The van der Waals surface area contributed by atoms with Crippen molar-refractivity contribution in [1.82, 2.24) is 0 Å². The third-order valence-corrected chi connectivity index (χ3v) is 1.14. The second-order valence-electron chi connectivity index (χ2n) is 1.84. The Labute approximate surface area is 71.7 Å². The van der Waals surface area contributed by atoms with Crippen molar-refractivity contribution >= 4 is 0 Å². The topological polar surface area (TPSA) is 40.5 Å². The maximum absolute atomic E-state index is 8.95. The molecule has 0 aromatic carbocycles. The molecular weight excluding hydrogens is 123 g/mol. The van der Waals surface area contributed by atoms with E-state index in [4.69, 9.17) is 10.2 Å². The Morgan fingerprint density at radius 2 is 2.20 bits per heavy atom. The SMILES string of the molecule is C=C1C=C[C-]=C(O)C1O.[Li+]. The maximum atomic E-state index is 8.95. The molecule has 0 heterocycles. The molecule has 0 amide bonds. The summed E-state index contributed by atoms with van der Waals surface area (Å²) in [6, 6.07) is 0. The Morgan fingerprint density at radius 3 is 2.60 bits per heavy atom. The predicted molar refractivity (Wildman–Crippen MR) is 33.7 cm³/mol. The smallest absolute Gasteiger partial charge is 0.529 e. The van der Waals surface area contributed by atoms with E-state index in [-0.39, 0.29) is 24.6 Å². The van der Waals surface area contributed by atoms with E-state index in [1.165, 1.54) is 6.08 Å². The monoisotopic (exact) mass is 130 g/mol. The molecule has 10 heavy (non-hydrogen) atoms. The van der Waals surface area contributed by atoms with Crippen LogP contribution in [0.25, 0.3) is 0 Å². The van der Waals surface area contributed by atoms with E-state index in [0.29, 0.717) is 5.57 Å². The summed E-state index contributed by atoms with van der Waals surface area (Å²) in [5.74, 6) is -0.164. The molecule has 0 saturated heterocycles. The zero-order chi connectivity index (χ0) is 6.85. The molecule has 1 rings (SSSR count). The van der Waals surface area contributed by atoms with Crippen molar-refractivity contribution < 1.29 is 29.1 Å². The van der Waals surface area contributed by atoms with Crippen molar-refractivity contribution in [2.24, 2.45) is 0 Å². The molecular formula is C7H7LiO2. The zero-order valence-corrected chi connectivity index (χ0v) is 5.83. The minimum atomic E-state index is -0.949. The van der Waals surface area contributed by atoms with Crippen LogP contribution in [0.3, 0.4) is 0 Å². The number of hydrogen-bond acceptors (Lipinski definition) is 2. The molecule has 0 aromatic rings. The standard InChI is InChI=1S/C7H7O2.Li/c1-5-3-2-4-6(8)7(5)9;/h2-3,7-9H,1H2;/q-1;+1. The Balaban J connectivity index is 0.000000810. The third kappa shape index (κ3) is 1.78. The zero-order valence-electron chi connectivity index (χ0n) is 5.83. The van der Waals surface area contributed by atoms with Gasteiger partial charge in [0.25, 0.3) is 0 Å². The molecule has 0 aromatic heterocycles. The maximum Gasteiger partial charge on any atom is 1.00 e. The summed E-state index contributed by atoms with van der Waals surface area (Å²) in [5, 5.41) is 17.7. The Hall–Kier alpha value is -0.423. The first-order chi connectivity index (χ1) is 4.22. The van der Waals surface area contributed by atoms with Crippen molar-refractivity contribution in [2.75, 3.05) is 0 Å². The number of aliphatic hydroxyl groups excluding tert-OH is 2. The van der Waals surface area contributed by atoms with Crippen LogP contribution in [0.15, 0.2) is 30.1 Å². The summed E-state index contributed by atoms with van der Waals surface area (Å²) in [6.45, 7) is 3.49. The first kappa shape index (κ1) is 9.58. The second kappa shape index (κ2) is 3.67. The van der Waals surface area contributed by atoms with E-state index < -0.39 is 6.10 Å². The Morgan fingerprint density at radius 1 is 1.60 bits per heavy atom. The molecule has 0 bridgehead atoms. The van der Waals surface area contributed by atoms with Crippen LogP contribution in [-0.4, -0.2) is 16.3 Å². The molecule has 1 unspecified atom stereocenters. The van der Waals surface area contributed by atoms with Gasteiger partial charge in [0, 0.05) is 5.76 Å². The average Bonchev–Trinajstić information content (AvgIpc) is 1.83. The molecule has 0 aliphatic heterocycles. The molecule has 0 radical (unpaired) electrons. The number of rotatable bonds is 0. The van der Waals surface area contributed by atoms with E-state index in [2.05, 4.69) is 12.7 Å². The van der Waals surface area contributed by atoms with Crippen molar-refractivity contribution in [3.63, 3.8) is 0 Å². The van der Waals surface area contributed by atoms with Crippen molar-refractivity contribution in [3.8, 4) is 0 Å². The van der Waals surface area contributed by atoms with Crippen molar-refractivity contribution in [1.29, 1.82) is 0 Å². The molecule has 3 heteroatoms. The number of aliphatic hydroxyl groups is 2. The molecule has 0 saturated carbocycles. The molecule has 2 N–H and O–H groups in total. The van der Waals surface area contributed by atoms with Crippen LogP contribution in [0, 0.1) is 6.08 Å². The van der Waals surface area contributed by atoms with E-state index in [0.717, 1.165) is 0 Å². The second-order valence-corrected chi connectivity index (χ2v) is 1.84. The van der Waals surface area contributed by atoms with Gasteiger partial charge in [-0.1, -0.05) is 0 Å². The quantitative estimate of drug-likeness (QED) is 0.286. The molecule has 0 spiro atoms. The van der Waals surface area contributed by atoms with Gasteiger partial charge in [0.1, 0.15) is 6.10 Å². The van der Waals surface area contributed by atoms with Crippen LogP contribution in [0.1, 0.15) is 0 Å². The minimum absolute atomic E-state index is 0. The van der Waals surface area contributed by atoms with E-state index in [1.54, 1.807) is 6.08 Å². The number of hydrogen-bond donors (Lipinski definition) is 2. The first-order valence-corrected chi connectivity index (χ1v) is 2.57. The van der Waals surface area contributed by atoms with Crippen LogP contribution >= 0.6 is 0 Å². The minimum Gasteiger partial charge on any atom is -0.529 e. The summed E-state index contributed by atoms with van der Waals surface area (Å²) in [6.07, 6.45) is 4.61. The Bertz CT molecular complexity index is 194. The van der Waals surface area contributed by atoms with E-state index >= 15 is 0 Å². The van der Waals surface area contributed by atoms with Gasteiger partial charge in [0.15, 0.2) is 0 Å². The summed E-state index contributed by atoms with van der Waals surface area (Å²) in [7, 11) is 0. The average molecular weight is 130 g/mol. The van der Waals surface area contributed by atoms with Crippen molar-refractivity contribution in [3.05, 3.63) is 36.1 Å². The van der Waals surface area contributed by atoms with Crippen LogP contribution in [-0.2, 0) is 0 Å². The van der Waals surface area contributed by atoms with Gasteiger partial charge in [-0.2, -0.15) is 0 Å². The third-order valence-electron chi connectivity index (χ3n) is 1.14. The largest absolute Gasteiger partial charge is 1.00 e. The van der Waals surface area contributed by atoms with Gasteiger partial charge in [0.05, 0.1) is 0 Å². The normalized spacial score (nSPS) is 23.5. The summed E-state index contributed by atoms with van der Waals surface area (Å²) in [5.41, 5.74) is 0.492. The van der Waals surface area contributed by atoms with Crippen LogP contribution in [0.2, 0.25) is 0 Å². The van der Waals surface area contributed by atoms with E-state index in [9.17, 15) is 0 Å². The van der Waals surface area contributed by atoms with Crippen LogP contribution in [0.4, 0.5) is 0 Å². The summed E-state index contributed by atoms with van der Waals surface area (Å²) >= 11 is 0. The fourth-order valence-corrected chi connectivity index (χ4v) is 0.580. The Kier molecular flexibility index (Phi) is 3.52. The fraction of sp³-hybridized carbons (Fsp3) is 0.143. The van der Waals surface area contributed by atoms with E-state index in [1.807, 2.05) is 0 Å². The van der Waals surface area contributed by atoms with Crippen molar-refractivity contribution in [2.45, 2.75) is 6.10 Å². The summed E-state index contributed by atoms with van der Waals surface area (Å²) < 4.78 is 0. The van der Waals surface area contributed by atoms with Gasteiger partial charge in [0.2, 0.25) is 0 Å². The first-order valence-electron chi connectivity index (χ1n) is 2.57. The van der Waals surface area contributed by atoms with Gasteiger partial charge in [-0.05, 0) is 0 Å². The molecule has 0 fully saturated rings. The van der Waals surface area contributed by atoms with Gasteiger partial charge in [-0.15, -0.1) is 12.2 Å². The predicted octanol–water partition coefficient (Wildman–Crippen LogP) is -2.28. The molecule has 1 aliphatic carbocycles. The van der Waals surface area contributed by atoms with Gasteiger partial charge < -0.3 is 10.2 Å². The molecule has 1 atom stereocenters. The van der Waals surface area contributed by atoms with Gasteiger partial charge in [-0.3, -0.25) is 0 Å².